The molecule has 1 unspecified atom stereocenters. The summed E-state index contributed by atoms with van der Waals surface area (Å²) in [7, 11) is 0. The van der Waals surface area contributed by atoms with Gasteiger partial charge in [0.05, 0.1) is 17.1 Å². The van der Waals surface area contributed by atoms with Gasteiger partial charge in [0.25, 0.3) is 5.91 Å². The molecule has 128 valence electrons. The summed E-state index contributed by atoms with van der Waals surface area (Å²) in [6.45, 7) is 3.57. The SMILES string of the molecule is Cc1nc(CC(=O)OCC(=O)NC(C)CCc2ccccc2)cs1. The average molecular weight is 346 g/mol. The number of nitrogens with one attached hydrogen (secondary N) is 1. The average Bonchev–Trinajstić information content (AvgIpc) is 2.97. The fourth-order valence-electron chi connectivity index (χ4n) is 2.25. The summed E-state index contributed by atoms with van der Waals surface area (Å²) in [5.74, 6) is -0.717. The van der Waals surface area contributed by atoms with E-state index >= 15 is 0 Å². The maximum Gasteiger partial charge on any atom is 0.312 e. The molecular weight excluding hydrogens is 324 g/mol. The van der Waals surface area contributed by atoms with Crippen molar-refractivity contribution in [2.75, 3.05) is 6.61 Å². The van der Waals surface area contributed by atoms with E-state index in [4.69, 9.17) is 4.74 Å². The van der Waals surface area contributed by atoms with E-state index in [9.17, 15) is 9.59 Å². The lowest BCUT2D eigenvalue weighted by Gasteiger charge is -2.14. The predicted octanol–water partition coefficient (Wildman–Crippen LogP) is 2.67. The highest BCUT2D eigenvalue weighted by Gasteiger charge is 2.12. The van der Waals surface area contributed by atoms with E-state index < -0.39 is 5.97 Å². The third kappa shape index (κ3) is 6.50. The van der Waals surface area contributed by atoms with Gasteiger partial charge in [0.15, 0.2) is 6.61 Å². The Morgan fingerprint density at radius 1 is 1.29 bits per heavy atom. The van der Waals surface area contributed by atoms with Gasteiger partial charge in [0.1, 0.15) is 0 Å². The molecule has 6 heteroatoms. The highest BCUT2D eigenvalue weighted by Crippen LogP contribution is 2.09. The summed E-state index contributed by atoms with van der Waals surface area (Å²) in [5, 5.41) is 5.57. The predicted molar refractivity (Wildman–Crippen MR) is 93.9 cm³/mol. The second-order valence-electron chi connectivity index (χ2n) is 5.69. The molecular formula is C18H22N2O3S. The Hall–Kier alpha value is -2.21. The van der Waals surface area contributed by atoms with Crippen molar-refractivity contribution in [1.82, 2.24) is 10.3 Å². The number of carbonyl (C=O) groups is 2. The van der Waals surface area contributed by atoms with Gasteiger partial charge in [-0.3, -0.25) is 9.59 Å². The molecule has 2 rings (SSSR count). The molecule has 1 aromatic carbocycles. The lowest BCUT2D eigenvalue weighted by atomic mass is 10.1. The van der Waals surface area contributed by atoms with Crippen LogP contribution in [0.25, 0.3) is 0 Å². The minimum atomic E-state index is -0.438. The molecule has 0 fully saturated rings. The monoisotopic (exact) mass is 346 g/mol. The molecule has 1 heterocycles. The van der Waals surface area contributed by atoms with Crippen LogP contribution in [0.1, 0.15) is 29.6 Å². The molecule has 1 amide bonds. The van der Waals surface area contributed by atoms with E-state index in [1.54, 1.807) is 0 Å². The van der Waals surface area contributed by atoms with Crippen molar-refractivity contribution in [3.05, 3.63) is 52.0 Å². The van der Waals surface area contributed by atoms with Crippen LogP contribution in [0.5, 0.6) is 0 Å². The van der Waals surface area contributed by atoms with Crippen molar-refractivity contribution in [3.63, 3.8) is 0 Å². The fraction of sp³-hybridized carbons (Fsp3) is 0.389. The van der Waals surface area contributed by atoms with Crippen LogP contribution < -0.4 is 5.32 Å². The number of thiazole rings is 1. The zero-order valence-electron chi connectivity index (χ0n) is 14.0. The Bertz CT molecular complexity index is 670. The summed E-state index contributed by atoms with van der Waals surface area (Å²) in [6, 6.07) is 10.1. The summed E-state index contributed by atoms with van der Waals surface area (Å²) >= 11 is 1.48. The number of ether oxygens (including phenoxy) is 1. The first-order valence-corrected chi connectivity index (χ1v) is 8.81. The number of nitrogens with zero attached hydrogens (tertiary/aromatic N) is 1. The van der Waals surface area contributed by atoms with Gasteiger partial charge in [0, 0.05) is 11.4 Å². The molecule has 24 heavy (non-hydrogen) atoms. The van der Waals surface area contributed by atoms with Crippen LogP contribution in [0.15, 0.2) is 35.7 Å². The van der Waals surface area contributed by atoms with Crippen molar-refractivity contribution < 1.29 is 14.3 Å². The smallest absolute Gasteiger partial charge is 0.312 e. The van der Waals surface area contributed by atoms with Crippen LogP contribution in [0.3, 0.4) is 0 Å². The topological polar surface area (TPSA) is 68.3 Å². The Morgan fingerprint density at radius 3 is 2.71 bits per heavy atom. The molecule has 1 aromatic heterocycles. The number of aromatic nitrogens is 1. The van der Waals surface area contributed by atoms with Gasteiger partial charge >= 0.3 is 5.97 Å². The summed E-state index contributed by atoms with van der Waals surface area (Å²) in [5.41, 5.74) is 1.92. The van der Waals surface area contributed by atoms with Crippen molar-refractivity contribution >= 4 is 23.2 Å². The van der Waals surface area contributed by atoms with Crippen molar-refractivity contribution in [2.24, 2.45) is 0 Å². The van der Waals surface area contributed by atoms with Gasteiger partial charge in [-0.15, -0.1) is 11.3 Å². The first-order valence-electron chi connectivity index (χ1n) is 7.93. The molecule has 0 aliphatic rings. The molecule has 1 N–H and O–H groups in total. The van der Waals surface area contributed by atoms with E-state index in [1.165, 1.54) is 16.9 Å². The quantitative estimate of drug-likeness (QED) is 0.746. The Balaban J connectivity index is 1.64. The maximum absolute atomic E-state index is 11.8. The summed E-state index contributed by atoms with van der Waals surface area (Å²) in [4.78, 5) is 27.7. The number of aryl methyl sites for hydroxylation is 2. The second-order valence-corrected chi connectivity index (χ2v) is 6.75. The van der Waals surface area contributed by atoms with Gasteiger partial charge in [-0.2, -0.15) is 0 Å². The van der Waals surface area contributed by atoms with Crippen LogP contribution in [0.2, 0.25) is 0 Å². The van der Waals surface area contributed by atoms with E-state index in [1.807, 2.05) is 37.4 Å². The Kier molecular flexibility index (Phi) is 6.93. The number of hydrogen-bond acceptors (Lipinski definition) is 5. The first-order chi connectivity index (χ1) is 11.5. The lowest BCUT2D eigenvalue weighted by Crippen LogP contribution is -2.36. The molecule has 0 aliphatic heterocycles. The van der Waals surface area contributed by atoms with Crippen LogP contribution in [0.4, 0.5) is 0 Å². The van der Waals surface area contributed by atoms with Gasteiger partial charge in [-0.1, -0.05) is 30.3 Å². The number of benzene rings is 1. The van der Waals surface area contributed by atoms with E-state index in [0.717, 1.165) is 17.8 Å². The fourth-order valence-corrected chi connectivity index (χ4v) is 2.86. The molecule has 5 nitrogen and oxygen atoms in total. The van der Waals surface area contributed by atoms with Gasteiger partial charge in [-0.05, 0) is 32.3 Å². The molecule has 0 aliphatic carbocycles. The van der Waals surface area contributed by atoms with Crippen molar-refractivity contribution in [1.29, 1.82) is 0 Å². The van der Waals surface area contributed by atoms with E-state index in [2.05, 4.69) is 22.4 Å². The van der Waals surface area contributed by atoms with Crippen molar-refractivity contribution in [3.8, 4) is 0 Å². The molecule has 0 bridgehead atoms. The zero-order chi connectivity index (χ0) is 17.4. The van der Waals surface area contributed by atoms with Crippen LogP contribution >= 0.6 is 11.3 Å². The summed E-state index contributed by atoms with van der Waals surface area (Å²) < 4.78 is 4.99. The second kappa shape index (κ2) is 9.17. The molecule has 1 atom stereocenters. The Labute approximate surface area is 146 Å². The minimum Gasteiger partial charge on any atom is -0.455 e. The number of rotatable bonds is 8. The number of carbonyl (C=O) groups excluding carboxylic acids is 2. The lowest BCUT2D eigenvalue weighted by molar-refractivity contribution is -0.148. The third-order valence-corrected chi connectivity index (χ3v) is 4.29. The molecule has 0 saturated heterocycles. The largest absolute Gasteiger partial charge is 0.455 e. The third-order valence-electron chi connectivity index (χ3n) is 3.47. The first kappa shape index (κ1) is 18.1. The highest BCUT2D eigenvalue weighted by atomic mass is 32.1. The van der Waals surface area contributed by atoms with E-state index in [0.29, 0.717) is 5.69 Å². The molecule has 0 spiro atoms. The molecule has 0 radical (unpaired) electrons. The van der Waals surface area contributed by atoms with E-state index in [-0.39, 0.29) is 25.0 Å². The van der Waals surface area contributed by atoms with Gasteiger partial charge in [0.2, 0.25) is 0 Å². The number of amides is 1. The van der Waals surface area contributed by atoms with Gasteiger partial charge in [-0.25, -0.2) is 4.98 Å². The Morgan fingerprint density at radius 2 is 2.04 bits per heavy atom. The standard InChI is InChI=1S/C18H22N2O3S/c1-13(8-9-15-6-4-3-5-7-15)19-17(21)11-23-18(22)10-16-12-24-14(2)20-16/h3-7,12-13H,8-11H2,1-2H3,(H,19,21). The van der Waals surface area contributed by atoms with Crippen LogP contribution in [-0.4, -0.2) is 29.5 Å². The molecule has 0 saturated carbocycles. The normalized spacial score (nSPS) is 11.8. The summed E-state index contributed by atoms with van der Waals surface area (Å²) in [6.07, 6.45) is 1.83. The minimum absolute atomic E-state index is 0.0256. The zero-order valence-corrected chi connectivity index (χ0v) is 14.8. The van der Waals surface area contributed by atoms with Crippen LogP contribution in [0, 0.1) is 6.92 Å². The maximum atomic E-state index is 11.8. The van der Waals surface area contributed by atoms with Gasteiger partial charge < -0.3 is 10.1 Å². The highest BCUT2D eigenvalue weighted by molar-refractivity contribution is 7.09. The van der Waals surface area contributed by atoms with Crippen molar-refractivity contribution in [2.45, 2.75) is 39.2 Å². The van der Waals surface area contributed by atoms with Crippen LogP contribution in [-0.2, 0) is 27.2 Å². The number of hydrogen-bond donors (Lipinski definition) is 1. The number of esters is 1. The molecule has 2 aromatic rings.